The summed E-state index contributed by atoms with van der Waals surface area (Å²) < 4.78 is 14.5. The molecule has 0 saturated heterocycles. The Balaban J connectivity index is 2.13. The smallest absolute Gasteiger partial charge is 0.356 e. The van der Waals surface area contributed by atoms with E-state index >= 15 is 0 Å². The number of hydrogen-bond donors (Lipinski definition) is 1. The molecule has 0 amide bonds. The lowest BCUT2D eigenvalue weighted by atomic mass is 10.1. The number of carbonyl (C=O) groups is 2. The SMILES string of the molecule is O=C(O)c1nc(C(=O)c2cn(SF)c3ccccc23)sc1Br. The number of aromatic nitrogens is 2. The van der Waals surface area contributed by atoms with Crippen molar-refractivity contribution < 1.29 is 18.6 Å². The van der Waals surface area contributed by atoms with E-state index in [2.05, 4.69) is 20.9 Å². The quantitative estimate of drug-likeness (QED) is 0.665. The van der Waals surface area contributed by atoms with E-state index in [9.17, 15) is 13.5 Å². The van der Waals surface area contributed by atoms with Gasteiger partial charge in [-0.15, -0.1) is 15.2 Å². The van der Waals surface area contributed by atoms with E-state index in [4.69, 9.17) is 5.11 Å². The summed E-state index contributed by atoms with van der Waals surface area (Å²) in [4.78, 5) is 27.4. The fourth-order valence-corrected chi connectivity index (χ4v) is 3.87. The van der Waals surface area contributed by atoms with Crippen molar-refractivity contribution in [3.63, 3.8) is 0 Å². The van der Waals surface area contributed by atoms with Crippen LogP contribution in [0.4, 0.5) is 3.89 Å². The highest BCUT2D eigenvalue weighted by molar-refractivity contribution is 9.11. The normalized spacial score (nSPS) is 11.0. The van der Waals surface area contributed by atoms with Crippen LogP contribution < -0.4 is 0 Å². The van der Waals surface area contributed by atoms with Crippen LogP contribution >= 0.6 is 39.6 Å². The molecule has 0 aliphatic carbocycles. The standard InChI is InChI=1S/C13H6BrFN2O3S2/c14-11-9(13(19)20)16-12(21-11)10(18)7-5-17(22-15)8-4-2-1-3-6(7)8/h1-5H,(H,19,20). The molecule has 3 rings (SSSR count). The third kappa shape index (κ3) is 2.44. The molecule has 0 unspecified atom stereocenters. The lowest BCUT2D eigenvalue weighted by Gasteiger charge is -1.94. The number of ketones is 1. The molecule has 0 radical (unpaired) electrons. The highest BCUT2D eigenvalue weighted by atomic mass is 79.9. The summed E-state index contributed by atoms with van der Waals surface area (Å²) in [6.07, 6.45) is 1.38. The number of para-hydroxylation sites is 1. The number of carboxylic acid groups (broad SMARTS) is 1. The molecular weight excluding hydrogens is 395 g/mol. The number of fused-ring (bicyclic) bond motifs is 1. The molecule has 0 aliphatic heterocycles. The average Bonchev–Trinajstić information content (AvgIpc) is 3.07. The predicted molar refractivity (Wildman–Crippen MR) is 86.2 cm³/mol. The van der Waals surface area contributed by atoms with Crippen LogP contribution in [-0.4, -0.2) is 25.8 Å². The van der Waals surface area contributed by atoms with E-state index < -0.39 is 11.8 Å². The Morgan fingerprint density at radius 1 is 1.36 bits per heavy atom. The van der Waals surface area contributed by atoms with E-state index in [1.54, 1.807) is 24.3 Å². The second kappa shape index (κ2) is 5.82. The number of carboxylic acids is 1. The maximum atomic E-state index is 13.0. The van der Waals surface area contributed by atoms with Gasteiger partial charge in [-0.2, -0.15) is 0 Å². The second-order valence-corrected chi connectivity index (χ2v) is 7.08. The van der Waals surface area contributed by atoms with Gasteiger partial charge in [0.05, 0.1) is 11.1 Å². The third-order valence-electron chi connectivity index (χ3n) is 2.98. The first kappa shape index (κ1) is 15.2. The molecule has 1 N–H and O–H groups in total. The highest BCUT2D eigenvalue weighted by Gasteiger charge is 2.23. The molecule has 1 aromatic carbocycles. The van der Waals surface area contributed by atoms with Crippen LogP contribution in [0.15, 0.2) is 34.2 Å². The number of carbonyl (C=O) groups excluding carboxylic acids is 1. The monoisotopic (exact) mass is 400 g/mol. The molecule has 0 spiro atoms. The van der Waals surface area contributed by atoms with Crippen molar-refractivity contribution in [1.82, 2.24) is 8.96 Å². The van der Waals surface area contributed by atoms with Crippen LogP contribution in [0.2, 0.25) is 0 Å². The van der Waals surface area contributed by atoms with Gasteiger partial charge in [0, 0.05) is 11.6 Å². The molecular formula is C13H6BrFN2O3S2. The van der Waals surface area contributed by atoms with Gasteiger partial charge in [0.15, 0.2) is 23.0 Å². The number of hydrogen-bond acceptors (Lipinski definition) is 5. The lowest BCUT2D eigenvalue weighted by molar-refractivity contribution is 0.0690. The molecule has 9 heteroatoms. The van der Waals surface area contributed by atoms with E-state index in [0.29, 0.717) is 10.9 Å². The summed E-state index contributed by atoms with van der Waals surface area (Å²) in [7, 11) is 0. The van der Waals surface area contributed by atoms with Crippen molar-refractivity contribution in [1.29, 1.82) is 0 Å². The van der Waals surface area contributed by atoms with Crippen molar-refractivity contribution >= 4 is 62.3 Å². The molecule has 0 aliphatic rings. The van der Waals surface area contributed by atoms with Crippen molar-refractivity contribution in [2.24, 2.45) is 0 Å². The number of aromatic carboxylic acids is 1. The fourth-order valence-electron chi connectivity index (χ4n) is 2.03. The van der Waals surface area contributed by atoms with Gasteiger partial charge in [-0.25, -0.2) is 9.78 Å². The largest absolute Gasteiger partial charge is 0.476 e. The van der Waals surface area contributed by atoms with E-state index in [0.717, 1.165) is 11.3 Å². The summed E-state index contributed by atoms with van der Waals surface area (Å²) in [5.74, 6) is -1.66. The van der Waals surface area contributed by atoms with Crippen LogP contribution in [0.25, 0.3) is 10.9 Å². The molecule has 5 nitrogen and oxygen atoms in total. The number of rotatable bonds is 4. The maximum absolute atomic E-state index is 13.0. The summed E-state index contributed by atoms with van der Waals surface area (Å²) in [6.45, 7) is 0. The first-order chi connectivity index (χ1) is 10.5. The Labute approximate surface area is 140 Å². The number of thiazole rings is 1. The number of benzene rings is 1. The summed E-state index contributed by atoms with van der Waals surface area (Å²) in [6, 6.07) is 6.88. The molecule has 2 aromatic heterocycles. The Morgan fingerprint density at radius 3 is 2.73 bits per heavy atom. The number of nitrogens with zero attached hydrogens (tertiary/aromatic N) is 2. The van der Waals surface area contributed by atoms with E-state index in [-0.39, 0.29) is 32.4 Å². The van der Waals surface area contributed by atoms with E-state index in [1.165, 1.54) is 10.2 Å². The van der Waals surface area contributed by atoms with Gasteiger partial charge in [-0.05, 0) is 22.0 Å². The van der Waals surface area contributed by atoms with Crippen molar-refractivity contribution in [3.05, 3.63) is 50.5 Å². The Kier molecular flexibility index (Phi) is 4.02. The third-order valence-corrected chi connectivity index (χ3v) is 5.13. The number of halogens is 2. The van der Waals surface area contributed by atoms with Gasteiger partial charge in [0.2, 0.25) is 5.78 Å². The molecule has 0 saturated carbocycles. The highest BCUT2D eigenvalue weighted by Crippen LogP contribution is 2.31. The molecule has 22 heavy (non-hydrogen) atoms. The van der Waals surface area contributed by atoms with Gasteiger partial charge in [0.1, 0.15) is 3.79 Å². The lowest BCUT2D eigenvalue weighted by Crippen LogP contribution is -2.03. The van der Waals surface area contributed by atoms with Crippen LogP contribution in [0.1, 0.15) is 25.9 Å². The van der Waals surface area contributed by atoms with Crippen molar-refractivity contribution in [3.8, 4) is 0 Å². The van der Waals surface area contributed by atoms with Gasteiger partial charge < -0.3 is 5.11 Å². The predicted octanol–water partition coefficient (Wildman–Crippen LogP) is 4.17. The summed E-state index contributed by atoms with van der Waals surface area (Å²) in [5, 5.41) is 9.61. The molecule has 112 valence electrons. The average molecular weight is 401 g/mol. The molecule has 0 fully saturated rings. The van der Waals surface area contributed by atoms with Crippen LogP contribution in [-0.2, 0) is 0 Å². The second-order valence-electron chi connectivity index (χ2n) is 4.23. The zero-order valence-electron chi connectivity index (χ0n) is 10.6. The van der Waals surface area contributed by atoms with Gasteiger partial charge >= 0.3 is 5.97 Å². The Hall–Kier alpha value is -1.71. The van der Waals surface area contributed by atoms with Crippen molar-refractivity contribution in [2.45, 2.75) is 0 Å². The van der Waals surface area contributed by atoms with Gasteiger partial charge in [0.25, 0.3) is 0 Å². The zero-order valence-corrected chi connectivity index (χ0v) is 13.8. The van der Waals surface area contributed by atoms with Gasteiger partial charge in [-0.3, -0.25) is 8.77 Å². The minimum absolute atomic E-state index is 0.0110. The molecule has 0 bridgehead atoms. The Bertz CT molecular complexity index is 906. The minimum atomic E-state index is -1.22. The summed E-state index contributed by atoms with van der Waals surface area (Å²) >= 11 is 4.01. The minimum Gasteiger partial charge on any atom is -0.476 e. The molecule has 3 aromatic rings. The van der Waals surface area contributed by atoms with Gasteiger partial charge in [-0.1, -0.05) is 18.2 Å². The zero-order chi connectivity index (χ0) is 15.9. The first-order valence-electron chi connectivity index (χ1n) is 5.86. The Morgan fingerprint density at radius 2 is 2.09 bits per heavy atom. The van der Waals surface area contributed by atoms with Crippen LogP contribution in [0.5, 0.6) is 0 Å². The first-order valence-corrected chi connectivity index (χ1v) is 8.14. The van der Waals surface area contributed by atoms with Crippen molar-refractivity contribution in [2.75, 3.05) is 0 Å². The maximum Gasteiger partial charge on any atom is 0.356 e. The molecule has 0 atom stereocenters. The van der Waals surface area contributed by atoms with Crippen LogP contribution in [0.3, 0.4) is 0 Å². The topological polar surface area (TPSA) is 72.2 Å². The van der Waals surface area contributed by atoms with E-state index in [1.807, 2.05) is 0 Å². The molecule has 2 heterocycles. The fraction of sp³-hybridized carbons (Fsp3) is 0. The van der Waals surface area contributed by atoms with Crippen LogP contribution in [0, 0.1) is 0 Å². The summed E-state index contributed by atoms with van der Waals surface area (Å²) in [5.41, 5.74) is 0.628.